The molecule has 2 N–H and O–H groups in total. The van der Waals surface area contributed by atoms with Crippen molar-refractivity contribution in [2.75, 3.05) is 11.4 Å². The summed E-state index contributed by atoms with van der Waals surface area (Å²) in [5.74, 6) is 0. The molecule has 0 spiro atoms. The topological polar surface area (TPSA) is 29.3 Å². The molecule has 1 rings (SSSR count). The lowest BCUT2D eigenvalue weighted by Gasteiger charge is -2.29. The molecule has 0 aliphatic carbocycles. The van der Waals surface area contributed by atoms with Crippen LogP contribution in [0.1, 0.15) is 51.7 Å². The van der Waals surface area contributed by atoms with E-state index in [1.807, 2.05) is 0 Å². The van der Waals surface area contributed by atoms with Gasteiger partial charge >= 0.3 is 0 Å². The fourth-order valence-electron chi connectivity index (χ4n) is 2.44. The smallest absolute Gasteiger partial charge is 0.0371 e. The summed E-state index contributed by atoms with van der Waals surface area (Å²) in [6, 6.07) is 7.64. The SMILES string of the molecule is CCCN(c1ccc(CC(N)CC)c(C)c1)C(C)C. The third-order valence-electron chi connectivity index (χ3n) is 3.75. The molecule has 0 radical (unpaired) electrons. The maximum absolute atomic E-state index is 6.06. The molecule has 108 valence electrons. The monoisotopic (exact) mass is 262 g/mol. The highest BCUT2D eigenvalue weighted by atomic mass is 15.1. The van der Waals surface area contributed by atoms with Crippen molar-refractivity contribution in [3.63, 3.8) is 0 Å². The van der Waals surface area contributed by atoms with E-state index in [0.29, 0.717) is 6.04 Å². The van der Waals surface area contributed by atoms with Gasteiger partial charge in [-0.05, 0) is 63.3 Å². The molecule has 2 heteroatoms. The van der Waals surface area contributed by atoms with Crippen molar-refractivity contribution in [1.29, 1.82) is 0 Å². The van der Waals surface area contributed by atoms with Crippen LogP contribution in [0.5, 0.6) is 0 Å². The van der Waals surface area contributed by atoms with Gasteiger partial charge in [-0.1, -0.05) is 19.9 Å². The largest absolute Gasteiger partial charge is 0.369 e. The van der Waals surface area contributed by atoms with Gasteiger partial charge in [0.2, 0.25) is 0 Å². The summed E-state index contributed by atoms with van der Waals surface area (Å²) in [4.78, 5) is 2.47. The van der Waals surface area contributed by atoms with Crippen molar-refractivity contribution in [3.05, 3.63) is 29.3 Å². The van der Waals surface area contributed by atoms with Gasteiger partial charge in [-0.3, -0.25) is 0 Å². The molecule has 0 bridgehead atoms. The van der Waals surface area contributed by atoms with Crippen LogP contribution in [-0.2, 0) is 6.42 Å². The highest BCUT2D eigenvalue weighted by Crippen LogP contribution is 2.22. The Morgan fingerprint density at radius 2 is 1.89 bits per heavy atom. The van der Waals surface area contributed by atoms with Crippen LogP contribution >= 0.6 is 0 Å². The first-order chi connectivity index (χ1) is 8.99. The van der Waals surface area contributed by atoms with Gasteiger partial charge in [-0.15, -0.1) is 0 Å². The average molecular weight is 262 g/mol. The van der Waals surface area contributed by atoms with Gasteiger partial charge in [0.25, 0.3) is 0 Å². The Hall–Kier alpha value is -1.02. The number of nitrogens with zero attached hydrogens (tertiary/aromatic N) is 1. The summed E-state index contributed by atoms with van der Waals surface area (Å²) in [5, 5.41) is 0. The van der Waals surface area contributed by atoms with E-state index in [1.54, 1.807) is 0 Å². The van der Waals surface area contributed by atoms with E-state index in [4.69, 9.17) is 5.73 Å². The van der Waals surface area contributed by atoms with Crippen molar-refractivity contribution in [3.8, 4) is 0 Å². The molecule has 0 aliphatic heterocycles. The van der Waals surface area contributed by atoms with Crippen molar-refractivity contribution < 1.29 is 0 Å². The van der Waals surface area contributed by atoms with Crippen molar-refractivity contribution in [1.82, 2.24) is 0 Å². The van der Waals surface area contributed by atoms with Crippen molar-refractivity contribution >= 4 is 5.69 Å². The van der Waals surface area contributed by atoms with Gasteiger partial charge < -0.3 is 10.6 Å². The Morgan fingerprint density at radius 3 is 2.37 bits per heavy atom. The Morgan fingerprint density at radius 1 is 1.21 bits per heavy atom. The molecular formula is C17H30N2. The Balaban J connectivity index is 2.91. The zero-order chi connectivity index (χ0) is 14.4. The van der Waals surface area contributed by atoms with Crippen LogP contribution in [0.25, 0.3) is 0 Å². The molecule has 0 saturated heterocycles. The molecule has 0 aromatic heterocycles. The van der Waals surface area contributed by atoms with Crippen molar-refractivity contribution in [2.24, 2.45) is 5.73 Å². The number of rotatable bonds is 7. The van der Waals surface area contributed by atoms with Crippen LogP contribution in [-0.4, -0.2) is 18.6 Å². The minimum Gasteiger partial charge on any atom is -0.369 e. The van der Waals surface area contributed by atoms with Crippen LogP contribution in [0, 0.1) is 6.92 Å². The first-order valence-electron chi connectivity index (χ1n) is 7.61. The predicted molar refractivity (Wildman–Crippen MR) is 85.9 cm³/mol. The standard InChI is InChI=1S/C17H30N2/c1-6-10-19(13(3)4)17-9-8-15(14(5)11-17)12-16(18)7-2/h8-9,11,13,16H,6-7,10,12,18H2,1-5H3. The summed E-state index contributed by atoms with van der Waals surface area (Å²) >= 11 is 0. The second-order valence-electron chi connectivity index (χ2n) is 5.77. The normalized spacial score (nSPS) is 12.8. The van der Waals surface area contributed by atoms with Crippen LogP contribution in [0.2, 0.25) is 0 Å². The Bertz CT molecular complexity index is 385. The minimum absolute atomic E-state index is 0.279. The number of hydrogen-bond donors (Lipinski definition) is 1. The molecule has 0 heterocycles. The lowest BCUT2D eigenvalue weighted by Crippen LogP contribution is -2.31. The number of aryl methyl sites for hydroxylation is 1. The predicted octanol–water partition coefficient (Wildman–Crippen LogP) is 3.90. The quantitative estimate of drug-likeness (QED) is 0.807. The number of nitrogens with two attached hydrogens (primary N) is 1. The van der Waals surface area contributed by atoms with E-state index >= 15 is 0 Å². The summed E-state index contributed by atoms with van der Waals surface area (Å²) in [6.45, 7) is 12.2. The molecule has 0 fully saturated rings. The summed E-state index contributed by atoms with van der Waals surface area (Å²) in [5.41, 5.74) is 10.1. The number of benzene rings is 1. The van der Waals surface area contributed by atoms with E-state index in [0.717, 1.165) is 19.4 Å². The fourth-order valence-corrected chi connectivity index (χ4v) is 2.44. The molecule has 19 heavy (non-hydrogen) atoms. The molecular weight excluding hydrogens is 232 g/mol. The van der Waals surface area contributed by atoms with Crippen LogP contribution in [0.15, 0.2) is 18.2 Å². The summed E-state index contributed by atoms with van der Waals surface area (Å²) in [7, 11) is 0. The lowest BCUT2D eigenvalue weighted by molar-refractivity contribution is 0.643. The zero-order valence-electron chi connectivity index (χ0n) is 13.2. The van der Waals surface area contributed by atoms with Gasteiger partial charge in [0.15, 0.2) is 0 Å². The van der Waals surface area contributed by atoms with E-state index < -0.39 is 0 Å². The summed E-state index contributed by atoms with van der Waals surface area (Å²) < 4.78 is 0. The zero-order valence-corrected chi connectivity index (χ0v) is 13.2. The van der Waals surface area contributed by atoms with E-state index in [9.17, 15) is 0 Å². The van der Waals surface area contributed by atoms with Gasteiger partial charge in [-0.25, -0.2) is 0 Å². The second-order valence-corrected chi connectivity index (χ2v) is 5.77. The molecule has 0 aliphatic rings. The van der Waals surface area contributed by atoms with Crippen molar-refractivity contribution in [2.45, 2.75) is 66.0 Å². The fraction of sp³-hybridized carbons (Fsp3) is 0.647. The highest BCUT2D eigenvalue weighted by molar-refractivity contribution is 5.51. The first-order valence-corrected chi connectivity index (χ1v) is 7.61. The molecule has 0 amide bonds. The van der Waals surface area contributed by atoms with Gasteiger partial charge in [0.05, 0.1) is 0 Å². The van der Waals surface area contributed by atoms with E-state index in [-0.39, 0.29) is 6.04 Å². The van der Waals surface area contributed by atoms with Crippen LogP contribution < -0.4 is 10.6 Å². The molecule has 0 saturated carbocycles. The minimum atomic E-state index is 0.279. The molecule has 1 aromatic carbocycles. The lowest BCUT2D eigenvalue weighted by atomic mass is 9.99. The number of anilines is 1. The maximum Gasteiger partial charge on any atom is 0.0371 e. The van der Waals surface area contributed by atoms with Crippen LogP contribution in [0.4, 0.5) is 5.69 Å². The molecule has 2 nitrogen and oxygen atoms in total. The molecule has 1 atom stereocenters. The third-order valence-corrected chi connectivity index (χ3v) is 3.75. The third kappa shape index (κ3) is 4.54. The highest BCUT2D eigenvalue weighted by Gasteiger charge is 2.11. The van der Waals surface area contributed by atoms with Gasteiger partial charge in [0, 0.05) is 24.3 Å². The number of hydrogen-bond acceptors (Lipinski definition) is 2. The van der Waals surface area contributed by atoms with Gasteiger partial charge in [0.1, 0.15) is 0 Å². The van der Waals surface area contributed by atoms with Crippen LogP contribution in [0.3, 0.4) is 0 Å². The van der Waals surface area contributed by atoms with E-state index in [2.05, 4.69) is 57.7 Å². The maximum atomic E-state index is 6.06. The summed E-state index contributed by atoms with van der Waals surface area (Å²) in [6.07, 6.45) is 3.20. The second kappa shape index (κ2) is 7.54. The average Bonchev–Trinajstić information content (AvgIpc) is 2.37. The Labute approximate surface area is 119 Å². The molecule has 1 unspecified atom stereocenters. The first kappa shape index (κ1) is 16.0. The van der Waals surface area contributed by atoms with Gasteiger partial charge in [-0.2, -0.15) is 0 Å². The van der Waals surface area contributed by atoms with E-state index in [1.165, 1.54) is 23.2 Å². The molecule has 1 aromatic rings. The Kier molecular flexibility index (Phi) is 6.36.